The highest BCUT2D eigenvalue weighted by atomic mass is 79.9. The monoisotopic (exact) mass is 496 g/mol. The lowest BCUT2D eigenvalue weighted by atomic mass is 10.2. The predicted molar refractivity (Wildman–Crippen MR) is 116 cm³/mol. The van der Waals surface area contributed by atoms with E-state index in [-0.39, 0.29) is 28.0 Å². The number of halogens is 2. The summed E-state index contributed by atoms with van der Waals surface area (Å²) in [5, 5.41) is 19.5. The molecule has 1 heterocycles. The number of carbonyl (C=O) groups is 2. The largest absolute Gasteiger partial charge is 0.504 e. The Morgan fingerprint density at radius 1 is 1.34 bits per heavy atom. The first kappa shape index (κ1) is 21.2. The van der Waals surface area contributed by atoms with Crippen LogP contribution in [0.4, 0.5) is 5.69 Å². The molecule has 0 radical (unpaired) electrons. The van der Waals surface area contributed by atoms with Crippen molar-refractivity contribution in [3.05, 3.63) is 55.9 Å². The Bertz CT molecular complexity index is 1090. The van der Waals surface area contributed by atoms with Crippen molar-refractivity contribution in [1.29, 1.82) is 0 Å². The number of nitrogens with zero attached hydrogens (tertiary/aromatic N) is 2. The molecule has 0 atom stereocenters. The van der Waals surface area contributed by atoms with Gasteiger partial charge >= 0.3 is 5.97 Å². The van der Waals surface area contributed by atoms with E-state index in [4.69, 9.17) is 16.3 Å². The lowest BCUT2D eigenvalue weighted by Crippen LogP contribution is -2.23. The highest BCUT2D eigenvalue weighted by Gasteiger charge is 2.30. The van der Waals surface area contributed by atoms with E-state index >= 15 is 0 Å². The van der Waals surface area contributed by atoms with Crippen molar-refractivity contribution in [3.8, 4) is 11.5 Å². The molecule has 0 aromatic heterocycles. The summed E-state index contributed by atoms with van der Waals surface area (Å²) in [6.07, 6.45) is 1.66. The number of phenolic OH excluding ortho intramolecular Hbond substituents is 1. The molecule has 1 fully saturated rings. The van der Waals surface area contributed by atoms with Gasteiger partial charge in [-0.1, -0.05) is 27.5 Å². The number of carboxylic acid groups (broad SMARTS) is 1. The standard InChI is InChI=1S/C19H14BrClN2O5S/c1-23-17(25)16(6-9-5-15(28-2)14(24)8-12(9)20)29-19(23)22-10-3-4-13(21)11(7-10)18(26)27/h3-8,24H,1-2H3,(H,26,27)/b16-6+,22-19?. The lowest BCUT2D eigenvalue weighted by Gasteiger charge is -2.08. The summed E-state index contributed by atoms with van der Waals surface area (Å²) >= 11 is 10.4. The molecule has 1 saturated heterocycles. The van der Waals surface area contributed by atoms with Gasteiger partial charge in [0.05, 0.1) is 28.3 Å². The summed E-state index contributed by atoms with van der Waals surface area (Å²) < 4.78 is 5.70. The molecule has 1 aliphatic heterocycles. The molecule has 150 valence electrons. The van der Waals surface area contributed by atoms with Gasteiger partial charge in [-0.3, -0.25) is 9.69 Å². The van der Waals surface area contributed by atoms with E-state index in [9.17, 15) is 19.8 Å². The van der Waals surface area contributed by atoms with Crippen molar-refractivity contribution in [2.24, 2.45) is 4.99 Å². The van der Waals surface area contributed by atoms with Crippen LogP contribution in [0.3, 0.4) is 0 Å². The van der Waals surface area contributed by atoms with Crippen molar-refractivity contribution in [1.82, 2.24) is 4.90 Å². The molecule has 0 spiro atoms. The maximum atomic E-state index is 12.6. The number of amidine groups is 1. The molecule has 3 rings (SSSR count). The molecular formula is C19H14BrClN2O5S. The molecular weight excluding hydrogens is 484 g/mol. The Labute approximate surface area is 183 Å². The molecule has 10 heteroatoms. The Kier molecular flexibility index (Phi) is 6.21. The average Bonchev–Trinajstić information content (AvgIpc) is 2.93. The number of rotatable bonds is 4. The topological polar surface area (TPSA) is 99.4 Å². The number of aliphatic imine (C=N–C) groups is 1. The van der Waals surface area contributed by atoms with Gasteiger partial charge < -0.3 is 14.9 Å². The summed E-state index contributed by atoms with van der Waals surface area (Å²) in [4.78, 5) is 30.0. The minimum Gasteiger partial charge on any atom is -0.504 e. The van der Waals surface area contributed by atoms with Crippen molar-refractivity contribution in [2.45, 2.75) is 0 Å². The fourth-order valence-electron chi connectivity index (χ4n) is 2.48. The Balaban J connectivity index is 1.96. The number of benzene rings is 2. The molecule has 7 nitrogen and oxygen atoms in total. The second-order valence-electron chi connectivity index (χ2n) is 5.88. The van der Waals surface area contributed by atoms with Gasteiger partial charge in [0.15, 0.2) is 16.7 Å². The van der Waals surface area contributed by atoms with Gasteiger partial charge in [0.25, 0.3) is 5.91 Å². The first-order valence-electron chi connectivity index (χ1n) is 8.07. The molecule has 0 aliphatic carbocycles. The van der Waals surface area contributed by atoms with E-state index in [0.717, 1.165) is 11.8 Å². The molecule has 29 heavy (non-hydrogen) atoms. The van der Waals surface area contributed by atoms with Gasteiger partial charge in [0.1, 0.15) is 0 Å². The predicted octanol–water partition coefficient (Wildman–Crippen LogP) is 4.75. The zero-order valence-electron chi connectivity index (χ0n) is 15.1. The van der Waals surface area contributed by atoms with Crippen molar-refractivity contribution in [2.75, 3.05) is 14.2 Å². The minimum absolute atomic E-state index is 0.0248. The number of methoxy groups -OCH3 is 1. The SMILES string of the molecule is COc1cc(/C=C2/SC(=Nc3ccc(Cl)c(C(=O)O)c3)N(C)C2=O)c(Br)cc1O. The summed E-state index contributed by atoms with van der Waals surface area (Å²) in [7, 11) is 3.01. The molecule has 0 unspecified atom stereocenters. The number of hydrogen-bond acceptors (Lipinski definition) is 6. The van der Waals surface area contributed by atoms with Crippen LogP contribution in [0.25, 0.3) is 6.08 Å². The quantitative estimate of drug-likeness (QED) is 0.592. The number of carboxylic acids is 1. The number of aromatic hydroxyl groups is 1. The van der Waals surface area contributed by atoms with Gasteiger partial charge in [0.2, 0.25) is 0 Å². The van der Waals surface area contributed by atoms with Crippen molar-refractivity contribution in [3.63, 3.8) is 0 Å². The second-order valence-corrected chi connectivity index (χ2v) is 8.15. The van der Waals surface area contributed by atoms with E-state index in [0.29, 0.717) is 25.8 Å². The van der Waals surface area contributed by atoms with E-state index in [1.165, 1.54) is 30.2 Å². The van der Waals surface area contributed by atoms with Crippen LogP contribution in [-0.2, 0) is 4.79 Å². The van der Waals surface area contributed by atoms with Gasteiger partial charge in [-0.05, 0) is 53.7 Å². The lowest BCUT2D eigenvalue weighted by molar-refractivity contribution is -0.121. The number of phenols is 1. The Morgan fingerprint density at radius 2 is 2.07 bits per heavy atom. The van der Waals surface area contributed by atoms with Crippen LogP contribution < -0.4 is 4.74 Å². The normalized spacial score (nSPS) is 16.7. The molecule has 2 aromatic rings. The maximum absolute atomic E-state index is 12.6. The Morgan fingerprint density at radius 3 is 2.72 bits per heavy atom. The summed E-state index contributed by atoms with van der Waals surface area (Å²) in [5.41, 5.74) is 0.939. The highest BCUT2D eigenvalue weighted by molar-refractivity contribution is 9.10. The number of likely N-dealkylation sites (N-methyl/N-ethyl adjacent to an activating group) is 1. The van der Waals surface area contributed by atoms with E-state index in [1.54, 1.807) is 25.3 Å². The van der Waals surface area contributed by atoms with Gasteiger partial charge in [-0.15, -0.1) is 0 Å². The molecule has 0 bridgehead atoms. The number of aromatic carboxylic acids is 1. The first-order valence-corrected chi connectivity index (χ1v) is 10.1. The number of ether oxygens (including phenoxy) is 1. The zero-order valence-corrected chi connectivity index (χ0v) is 18.3. The number of thioether (sulfide) groups is 1. The molecule has 2 N–H and O–H groups in total. The minimum atomic E-state index is -1.16. The van der Waals surface area contributed by atoms with Crippen LogP contribution in [-0.4, -0.2) is 46.3 Å². The van der Waals surface area contributed by atoms with Gasteiger partial charge in [-0.2, -0.15) is 0 Å². The number of amides is 1. The summed E-state index contributed by atoms with van der Waals surface area (Å²) in [5.74, 6) is -1.17. The van der Waals surface area contributed by atoms with E-state index in [2.05, 4.69) is 20.9 Å². The zero-order chi connectivity index (χ0) is 21.3. The Hall–Kier alpha value is -2.49. The fourth-order valence-corrected chi connectivity index (χ4v) is 4.10. The van der Waals surface area contributed by atoms with E-state index in [1.807, 2.05) is 0 Å². The van der Waals surface area contributed by atoms with Gasteiger partial charge in [-0.25, -0.2) is 9.79 Å². The first-order chi connectivity index (χ1) is 13.7. The smallest absolute Gasteiger partial charge is 0.337 e. The fraction of sp³-hybridized carbons (Fsp3) is 0.105. The molecule has 2 aromatic carbocycles. The average molecular weight is 498 g/mol. The van der Waals surface area contributed by atoms with Crippen LogP contribution in [0.15, 0.2) is 44.7 Å². The van der Waals surface area contributed by atoms with Crippen LogP contribution in [0.2, 0.25) is 5.02 Å². The second kappa shape index (κ2) is 8.48. The van der Waals surface area contributed by atoms with Crippen LogP contribution in [0, 0.1) is 0 Å². The molecule has 0 saturated carbocycles. The van der Waals surface area contributed by atoms with Crippen LogP contribution in [0.1, 0.15) is 15.9 Å². The summed E-state index contributed by atoms with van der Waals surface area (Å²) in [6.45, 7) is 0. The van der Waals surface area contributed by atoms with Crippen molar-refractivity contribution < 1.29 is 24.5 Å². The molecule has 1 amide bonds. The van der Waals surface area contributed by atoms with Crippen LogP contribution >= 0.6 is 39.3 Å². The van der Waals surface area contributed by atoms with Gasteiger partial charge in [0, 0.05) is 11.5 Å². The maximum Gasteiger partial charge on any atom is 0.337 e. The third-order valence-electron chi connectivity index (χ3n) is 3.99. The number of carbonyl (C=O) groups excluding carboxylic acids is 1. The summed E-state index contributed by atoms with van der Waals surface area (Å²) in [6, 6.07) is 7.45. The molecule has 1 aliphatic rings. The van der Waals surface area contributed by atoms with Crippen LogP contribution in [0.5, 0.6) is 11.5 Å². The van der Waals surface area contributed by atoms with Crippen molar-refractivity contribution >= 4 is 68.1 Å². The third-order valence-corrected chi connectivity index (χ3v) is 6.07. The van der Waals surface area contributed by atoms with E-state index < -0.39 is 5.97 Å². The highest BCUT2D eigenvalue weighted by Crippen LogP contribution is 2.38. The number of hydrogen-bond donors (Lipinski definition) is 2. The third kappa shape index (κ3) is 4.42.